The molecule has 6 N–H and O–H groups in total. The van der Waals surface area contributed by atoms with E-state index in [9.17, 15) is 20.1 Å². The molecule has 9 heteroatoms. The van der Waals surface area contributed by atoms with Gasteiger partial charge in [-0.15, -0.1) is 0 Å². The summed E-state index contributed by atoms with van der Waals surface area (Å²) in [5.41, 5.74) is 14.3. The summed E-state index contributed by atoms with van der Waals surface area (Å²) in [5.74, 6) is 6.47. The lowest BCUT2D eigenvalue weighted by Crippen LogP contribution is -2.35. The van der Waals surface area contributed by atoms with Crippen LogP contribution in [0, 0.1) is 11.8 Å². The number of ketones is 1. The molecule has 3 aromatic rings. The van der Waals surface area contributed by atoms with Crippen molar-refractivity contribution in [3.05, 3.63) is 118 Å². The zero-order valence-corrected chi connectivity index (χ0v) is 29.9. The van der Waals surface area contributed by atoms with E-state index in [4.69, 9.17) is 15.5 Å². The minimum atomic E-state index is -1.02. The second kappa shape index (κ2) is 17.7. The van der Waals surface area contributed by atoms with E-state index in [0.29, 0.717) is 38.0 Å². The van der Waals surface area contributed by atoms with Crippen molar-refractivity contribution in [1.82, 2.24) is 10.2 Å². The first kappa shape index (κ1) is 37.1. The van der Waals surface area contributed by atoms with Crippen LogP contribution in [0.15, 0.2) is 95.3 Å². The highest BCUT2D eigenvalue weighted by Gasteiger charge is 2.32. The number of nitrogens with two attached hydrogens (primary N) is 1. The molecule has 3 aliphatic rings. The minimum absolute atomic E-state index is 0.0111. The van der Waals surface area contributed by atoms with Crippen molar-refractivity contribution in [2.24, 2.45) is 10.7 Å². The van der Waals surface area contributed by atoms with E-state index in [2.05, 4.69) is 42.3 Å². The van der Waals surface area contributed by atoms with Crippen molar-refractivity contribution in [2.75, 3.05) is 13.1 Å². The van der Waals surface area contributed by atoms with Gasteiger partial charge in [-0.05, 0) is 64.8 Å². The van der Waals surface area contributed by atoms with Gasteiger partial charge in [0.05, 0.1) is 30.9 Å². The van der Waals surface area contributed by atoms with Crippen LogP contribution in [-0.4, -0.2) is 57.1 Å². The number of fused-ring (bicyclic) bond motifs is 2. The Morgan fingerprint density at radius 1 is 1.10 bits per heavy atom. The molecule has 3 heterocycles. The molecule has 0 fully saturated rings. The van der Waals surface area contributed by atoms with Crippen molar-refractivity contribution in [2.45, 2.75) is 95.7 Å². The molecule has 2 bridgehead atoms. The Labute approximate surface area is 306 Å². The van der Waals surface area contributed by atoms with E-state index in [1.54, 1.807) is 18.2 Å². The Kier molecular flexibility index (Phi) is 12.6. The standard InChI is InChI=1S/C43H50N4O5/c1-2-3-5-11-34(48)25-35(49)17-14-30-15-19-40(51)41(22-30)52-42-13-8-12-39(50)36-18-16-31(43(44)45-21-20-29-9-6-4-7-10-29)23-32(36)24-33-26-46-38-28-47(42)27-37(33)38/h4,6-7,9-10,15-16,18-19,22-23,26-27,34,39,42-43,45,48,50-51H,2-3,5,11,13-14,17,20-21,24-25,28,44H2,1H3. The van der Waals surface area contributed by atoms with Crippen LogP contribution in [0.5, 0.6) is 11.5 Å². The maximum Gasteiger partial charge on any atom is 0.183 e. The molecule has 3 aromatic carbocycles. The number of hydrogen-bond donors (Lipinski definition) is 5. The number of rotatable bonds is 16. The largest absolute Gasteiger partial charge is 0.504 e. The summed E-state index contributed by atoms with van der Waals surface area (Å²) in [6, 6.07) is 21.3. The van der Waals surface area contributed by atoms with Gasteiger partial charge in [-0.1, -0.05) is 92.6 Å². The molecule has 4 unspecified atom stereocenters. The van der Waals surface area contributed by atoms with Crippen molar-refractivity contribution in [3.63, 3.8) is 0 Å². The lowest BCUT2D eigenvalue weighted by molar-refractivity contribution is -0.121. The highest BCUT2D eigenvalue weighted by molar-refractivity contribution is 6.09. The molecule has 9 nitrogen and oxygen atoms in total. The van der Waals surface area contributed by atoms with Gasteiger partial charge in [-0.3, -0.25) is 15.1 Å². The molecule has 0 radical (unpaired) electrons. The van der Waals surface area contributed by atoms with Crippen LogP contribution in [0.4, 0.5) is 0 Å². The number of phenols is 1. The molecule has 4 atom stereocenters. The lowest BCUT2D eigenvalue weighted by atomic mass is 9.91. The Hall–Kier alpha value is -4.72. The van der Waals surface area contributed by atoms with E-state index in [1.165, 1.54) is 5.56 Å². The number of Topliss-reactive ketones (excluding diaryl/α,β-unsaturated/α-hetero) is 1. The molecule has 0 amide bonds. The Morgan fingerprint density at radius 3 is 2.77 bits per heavy atom. The predicted octanol–water partition coefficient (Wildman–Crippen LogP) is 5.94. The van der Waals surface area contributed by atoms with Gasteiger partial charge in [0.1, 0.15) is 11.9 Å². The fourth-order valence-electron chi connectivity index (χ4n) is 6.94. The van der Waals surface area contributed by atoms with E-state index >= 15 is 0 Å². The van der Waals surface area contributed by atoms with Gasteiger partial charge in [0.25, 0.3) is 0 Å². The third kappa shape index (κ3) is 9.58. The highest BCUT2D eigenvalue weighted by atomic mass is 16.5. The number of aryl methyl sites for hydroxylation is 1. The molecule has 0 spiro atoms. The van der Waals surface area contributed by atoms with E-state index in [0.717, 1.165) is 71.3 Å². The number of ether oxygens (including phenoxy) is 1. The number of nitrogens with zero attached hydrogens (tertiary/aromatic N) is 2. The van der Waals surface area contributed by atoms with Crippen molar-refractivity contribution in [3.8, 4) is 23.3 Å². The molecule has 6 rings (SSSR count). The first-order valence-corrected chi connectivity index (χ1v) is 18.5. The number of hydrogen-bond acceptors (Lipinski definition) is 9. The summed E-state index contributed by atoms with van der Waals surface area (Å²) in [7, 11) is 0. The third-order valence-corrected chi connectivity index (χ3v) is 9.95. The van der Waals surface area contributed by atoms with Crippen molar-refractivity contribution >= 4 is 11.5 Å². The quantitative estimate of drug-likeness (QED) is 0.0702. The molecule has 0 saturated heterocycles. The summed E-state index contributed by atoms with van der Waals surface area (Å²) < 4.78 is 6.43. The number of aliphatic imine (C=N–C) groups is 1. The number of aliphatic hydroxyl groups is 2. The van der Waals surface area contributed by atoms with Crippen LogP contribution in [0.3, 0.4) is 0 Å². The van der Waals surface area contributed by atoms with Crippen molar-refractivity contribution in [1.29, 1.82) is 0 Å². The number of benzene rings is 3. The van der Waals surface area contributed by atoms with Gasteiger partial charge >= 0.3 is 0 Å². The number of nitrogens with one attached hydrogen (secondary N) is 1. The number of aromatic hydroxyl groups is 1. The van der Waals surface area contributed by atoms with Gasteiger partial charge in [0.2, 0.25) is 0 Å². The smallest absolute Gasteiger partial charge is 0.183 e. The fourth-order valence-corrected chi connectivity index (χ4v) is 6.94. The molecule has 0 aromatic heterocycles. The summed E-state index contributed by atoms with van der Waals surface area (Å²) >= 11 is 0. The normalized spacial score (nSPS) is 18.8. The maximum absolute atomic E-state index is 12.6. The first-order chi connectivity index (χ1) is 25.3. The third-order valence-electron chi connectivity index (χ3n) is 9.95. The zero-order valence-electron chi connectivity index (χ0n) is 29.9. The van der Waals surface area contributed by atoms with E-state index < -0.39 is 18.4 Å². The Balaban J connectivity index is 1.15. The molecule has 52 heavy (non-hydrogen) atoms. The van der Waals surface area contributed by atoms with Crippen molar-refractivity contribution < 1.29 is 24.9 Å². The zero-order chi connectivity index (χ0) is 36.5. The molecule has 0 aliphatic carbocycles. The Bertz CT molecular complexity index is 1870. The van der Waals surface area contributed by atoms with Crippen LogP contribution in [0.2, 0.25) is 0 Å². The van der Waals surface area contributed by atoms with E-state index in [1.807, 2.05) is 47.6 Å². The van der Waals surface area contributed by atoms with Gasteiger partial charge in [-0.2, -0.15) is 0 Å². The van der Waals surface area contributed by atoms with Gasteiger partial charge in [0, 0.05) is 43.8 Å². The van der Waals surface area contributed by atoms with Crippen LogP contribution < -0.4 is 15.8 Å². The van der Waals surface area contributed by atoms with Crippen LogP contribution in [0.1, 0.15) is 92.0 Å². The molecule has 3 aliphatic heterocycles. The number of unbranched alkanes of at least 4 members (excludes halogenated alkanes) is 2. The monoisotopic (exact) mass is 702 g/mol. The number of phenolic OH excluding ortho intramolecular Hbond substituents is 1. The molecular weight excluding hydrogens is 652 g/mol. The minimum Gasteiger partial charge on any atom is -0.504 e. The van der Waals surface area contributed by atoms with E-state index in [-0.39, 0.29) is 30.5 Å². The first-order valence-electron chi connectivity index (χ1n) is 18.5. The maximum atomic E-state index is 12.6. The summed E-state index contributed by atoms with van der Waals surface area (Å²) in [4.78, 5) is 19.3. The van der Waals surface area contributed by atoms with Gasteiger partial charge in [0.15, 0.2) is 17.7 Å². The summed E-state index contributed by atoms with van der Waals surface area (Å²) in [6.07, 6.45) is 7.69. The van der Waals surface area contributed by atoms with Gasteiger partial charge in [-0.25, -0.2) is 0 Å². The Morgan fingerprint density at radius 2 is 1.94 bits per heavy atom. The number of carbonyl (C=O) groups excluding carboxylic acids is 1. The average Bonchev–Trinajstić information content (AvgIpc) is 3.73. The highest BCUT2D eigenvalue weighted by Crippen LogP contribution is 2.35. The van der Waals surface area contributed by atoms with Crippen LogP contribution in [-0.2, 0) is 24.1 Å². The number of aliphatic hydroxyl groups excluding tert-OH is 2. The molecular formula is C43H50N4O5. The SMILES string of the molecule is CCCCCC(O)CC(=O)CCc1ccc(O)c(OC2CC#CC(O)c3ccc(C(N)NCCc4ccccc4)cc3CC3=CN=C4CN2C=C34)c1. The van der Waals surface area contributed by atoms with Gasteiger partial charge < -0.3 is 30.7 Å². The fraction of sp³-hybridized carbons (Fsp3) is 0.395. The van der Waals surface area contributed by atoms with Crippen LogP contribution >= 0.6 is 0 Å². The molecule has 272 valence electrons. The lowest BCUT2D eigenvalue weighted by Gasteiger charge is -2.27. The number of allylic oxidation sites excluding steroid dienone is 1. The number of carbonyl (C=O) groups is 1. The summed E-state index contributed by atoms with van der Waals surface area (Å²) in [6.45, 7) is 3.36. The molecule has 0 saturated carbocycles. The second-order valence-electron chi connectivity index (χ2n) is 13.9. The average molecular weight is 703 g/mol. The topological polar surface area (TPSA) is 141 Å². The predicted molar refractivity (Wildman–Crippen MR) is 203 cm³/mol. The second-order valence-corrected chi connectivity index (χ2v) is 13.9. The van der Waals surface area contributed by atoms with Crippen LogP contribution in [0.25, 0.3) is 0 Å². The summed E-state index contributed by atoms with van der Waals surface area (Å²) in [5, 5.41) is 35.7.